The largest absolute Gasteiger partial charge is 0.504 e. The van der Waals surface area contributed by atoms with Crippen molar-refractivity contribution in [3.63, 3.8) is 0 Å². The predicted octanol–water partition coefficient (Wildman–Crippen LogP) is 1.12. The highest BCUT2D eigenvalue weighted by atomic mass is 32.2. The molecule has 26 heavy (non-hydrogen) atoms. The number of aromatic nitrogens is 1. The lowest BCUT2D eigenvalue weighted by molar-refractivity contribution is 0.102. The van der Waals surface area contributed by atoms with Crippen LogP contribution in [0.15, 0.2) is 36.5 Å². The number of hydrogen-bond acceptors (Lipinski definition) is 7. The van der Waals surface area contributed by atoms with Crippen LogP contribution >= 0.6 is 0 Å². The number of carbonyl (C=O) groups excluding carboxylic acids is 1. The molecule has 0 fully saturated rings. The maximum absolute atomic E-state index is 12.3. The van der Waals surface area contributed by atoms with E-state index in [1.807, 2.05) is 0 Å². The van der Waals surface area contributed by atoms with E-state index < -0.39 is 21.8 Å². The molecular weight excluding hydrogens is 362 g/mol. The number of aromatic hydroxyl groups is 2. The third-order valence-electron chi connectivity index (χ3n) is 3.33. The van der Waals surface area contributed by atoms with Crippen molar-refractivity contribution in [2.75, 3.05) is 22.4 Å². The van der Waals surface area contributed by atoms with E-state index >= 15 is 0 Å². The molecule has 0 aliphatic carbocycles. The van der Waals surface area contributed by atoms with E-state index in [1.54, 1.807) is 6.92 Å². The van der Waals surface area contributed by atoms with E-state index in [4.69, 9.17) is 5.11 Å². The molecule has 2 rings (SSSR count). The maximum Gasteiger partial charge on any atom is 0.255 e. The van der Waals surface area contributed by atoms with Crippen LogP contribution < -0.4 is 10.0 Å². The van der Waals surface area contributed by atoms with Gasteiger partial charge in [0.05, 0.1) is 5.75 Å². The van der Waals surface area contributed by atoms with E-state index in [2.05, 4.69) is 15.0 Å². The minimum absolute atomic E-state index is 0.0312. The molecule has 2 aromatic rings. The highest BCUT2D eigenvalue weighted by molar-refractivity contribution is 7.92. The fourth-order valence-electron chi connectivity index (χ4n) is 2.06. The Balaban J connectivity index is 2.12. The van der Waals surface area contributed by atoms with Crippen molar-refractivity contribution >= 4 is 27.4 Å². The maximum atomic E-state index is 12.3. The van der Waals surface area contributed by atoms with Crippen LogP contribution in [0.4, 0.5) is 11.5 Å². The molecule has 5 N–H and O–H groups in total. The third kappa shape index (κ3) is 5.33. The van der Waals surface area contributed by atoms with Crippen molar-refractivity contribution in [3.05, 3.63) is 42.1 Å². The molecule has 0 saturated carbocycles. The molecule has 1 aromatic heterocycles. The summed E-state index contributed by atoms with van der Waals surface area (Å²) in [7, 11) is -3.72. The van der Waals surface area contributed by atoms with Gasteiger partial charge in [-0.25, -0.2) is 13.4 Å². The highest BCUT2D eigenvalue weighted by Gasteiger charge is 2.17. The van der Waals surface area contributed by atoms with Crippen LogP contribution in [0.1, 0.15) is 17.3 Å². The summed E-state index contributed by atoms with van der Waals surface area (Å²) in [5.74, 6) is -2.02. The van der Waals surface area contributed by atoms with Crippen molar-refractivity contribution < 1.29 is 28.5 Å². The van der Waals surface area contributed by atoms with Crippen molar-refractivity contribution in [1.82, 2.24) is 4.98 Å². The number of anilines is 2. The molecular formula is C16H19N3O6S. The molecule has 1 amide bonds. The average Bonchev–Trinajstić information content (AvgIpc) is 2.57. The fourth-order valence-corrected chi connectivity index (χ4v) is 3.43. The Morgan fingerprint density at radius 2 is 1.92 bits per heavy atom. The Bertz CT molecular complexity index is 901. The summed E-state index contributed by atoms with van der Waals surface area (Å²) < 4.78 is 26.2. The SMILES string of the molecule is CC(CO)CS(=O)(=O)Nc1cc(C(=O)Nc2ccc(O)c(O)c2)ccn1. The Hall–Kier alpha value is -2.85. The number of hydrogen-bond donors (Lipinski definition) is 5. The predicted molar refractivity (Wildman–Crippen MR) is 95.6 cm³/mol. The van der Waals surface area contributed by atoms with E-state index in [9.17, 15) is 23.4 Å². The topological polar surface area (TPSA) is 149 Å². The second kappa shape index (κ2) is 8.02. The average molecular weight is 381 g/mol. The minimum atomic E-state index is -3.72. The van der Waals surface area contributed by atoms with Gasteiger partial charge in [-0.05, 0) is 30.2 Å². The third-order valence-corrected chi connectivity index (χ3v) is 4.86. The number of phenolic OH excluding ortho intramolecular Hbond substituents is 2. The van der Waals surface area contributed by atoms with Gasteiger partial charge in [0.15, 0.2) is 11.5 Å². The Morgan fingerprint density at radius 3 is 2.58 bits per heavy atom. The minimum Gasteiger partial charge on any atom is -0.504 e. The molecule has 1 atom stereocenters. The van der Waals surface area contributed by atoms with Gasteiger partial charge in [-0.3, -0.25) is 9.52 Å². The van der Waals surface area contributed by atoms with Gasteiger partial charge in [0.25, 0.3) is 5.91 Å². The molecule has 9 nitrogen and oxygen atoms in total. The molecule has 1 unspecified atom stereocenters. The summed E-state index contributed by atoms with van der Waals surface area (Å²) in [4.78, 5) is 16.1. The van der Waals surface area contributed by atoms with Crippen LogP contribution in [0.25, 0.3) is 0 Å². The van der Waals surface area contributed by atoms with Crippen molar-refractivity contribution in [2.45, 2.75) is 6.92 Å². The first-order valence-corrected chi connectivity index (χ1v) is 9.26. The zero-order valence-corrected chi connectivity index (χ0v) is 14.7. The summed E-state index contributed by atoms with van der Waals surface area (Å²) in [6.07, 6.45) is 1.27. The molecule has 1 aromatic carbocycles. The van der Waals surface area contributed by atoms with Gasteiger partial charge in [0.2, 0.25) is 10.0 Å². The molecule has 0 spiro atoms. The van der Waals surface area contributed by atoms with Gasteiger partial charge in [-0.2, -0.15) is 0 Å². The lowest BCUT2D eigenvalue weighted by Crippen LogP contribution is -2.23. The molecule has 0 radical (unpaired) electrons. The Labute approximate surface area is 150 Å². The number of aliphatic hydroxyl groups excluding tert-OH is 1. The van der Waals surface area contributed by atoms with Gasteiger partial charge in [0.1, 0.15) is 5.82 Å². The zero-order chi connectivity index (χ0) is 19.3. The smallest absolute Gasteiger partial charge is 0.255 e. The monoisotopic (exact) mass is 381 g/mol. The number of nitrogens with zero attached hydrogens (tertiary/aromatic N) is 1. The first-order chi connectivity index (χ1) is 12.2. The van der Waals surface area contributed by atoms with E-state index in [1.165, 1.54) is 36.5 Å². The first kappa shape index (κ1) is 19.5. The Kier molecular flexibility index (Phi) is 6.01. The quantitative estimate of drug-likeness (QED) is 0.356. The lowest BCUT2D eigenvalue weighted by atomic mass is 10.2. The molecule has 10 heteroatoms. The van der Waals surface area contributed by atoms with Crippen molar-refractivity contribution in [3.8, 4) is 11.5 Å². The number of phenols is 2. The van der Waals surface area contributed by atoms with Crippen LogP contribution in [-0.2, 0) is 10.0 Å². The molecule has 0 aliphatic heterocycles. The summed E-state index contributed by atoms with van der Waals surface area (Å²) in [5, 5.41) is 30.2. The van der Waals surface area contributed by atoms with Gasteiger partial charge in [0, 0.05) is 30.1 Å². The second-order valence-electron chi connectivity index (χ2n) is 5.76. The molecule has 1 heterocycles. The number of sulfonamides is 1. The normalized spacial score (nSPS) is 12.4. The van der Waals surface area contributed by atoms with Crippen LogP contribution in [0.2, 0.25) is 0 Å². The van der Waals surface area contributed by atoms with Crippen LogP contribution in [0, 0.1) is 5.92 Å². The summed E-state index contributed by atoms with van der Waals surface area (Å²) in [5.41, 5.74) is 0.390. The van der Waals surface area contributed by atoms with Crippen LogP contribution in [0.3, 0.4) is 0 Å². The number of carbonyl (C=O) groups is 1. The van der Waals surface area contributed by atoms with Crippen LogP contribution in [-0.4, -0.2) is 47.0 Å². The van der Waals surface area contributed by atoms with E-state index in [0.29, 0.717) is 0 Å². The number of pyridine rings is 1. The van der Waals surface area contributed by atoms with Crippen molar-refractivity contribution in [1.29, 1.82) is 0 Å². The number of nitrogens with one attached hydrogen (secondary N) is 2. The highest BCUT2D eigenvalue weighted by Crippen LogP contribution is 2.27. The number of amides is 1. The zero-order valence-electron chi connectivity index (χ0n) is 13.9. The summed E-state index contributed by atoms with van der Waals surface area (Å²) in [6.45, 7) is 1.32. The summed E-state index contributed by atoms with van der Waals surface area (Å²) >= 11 is 0. The Morgan fingerprint density at radius 1 is 1.19 bits per heavy atom. The van der Waals surface area contributed by atoms with Gasteiger partial charge >= 0.3 is 0 Å². The van der Waals surface area contributed by atoms with Gasteiger partial charge < -0.3 is 20.6 Å². The standard InChI is InChI=1S/C16H19N3O6S/c1-10(8-20)9-26(24,25)19-15-6-11(4-5-17-15)16(23)18-12-2-3-13(21)14(22)7-12/h2-7,10,20-22H,8-9H2,1H3,(H,17,19)(H,18,23). The summed E-state index contributed by atoms with van der Waals surface area (Å²) in [6, 6.07) is 6.45. The fraction of sp³-hybridized carbons (Fsp3) is 0.250. The molecule has 0 aliphatic rings. The molecule has 0 bridgehead atoms. The van der Waals surface area contributed by atoms with Gasteiger partial charge in [-0.15, -0.1) is 0 Å². The number of rotatable bonds is 7. The molecule has 0 saturated heterocycles. The number of benzene rings is 1. The van der Waals surface area contributed by atoms with Crippen molar-refractivity contribution in [2.24, 2.45) is 5.92 Å². The first-order valence-electron chi connectivity index (χ1n) is 7.61. The van der Waals surface area contributed by atoms with E-state index in [-0.39, 0.29) is 40.9 Å². The van der Waals surface area contributed by atoms with Crippen LogP contribution in [0.5, 0.6) is 11.5 Å². The number of aliphatic hydroxyl groups is 1. The van der Waals surface area contributed by atoms with E-state index in [0.717, 1.165) is 0 Å². The molecule has 140 valence electrons. The van der Waals surface area contributed by atoms with Gasteiger partial charge in [-0.1, -0.05) is 6.92 Å². The second-order valence-corrected chi connectivity index (χ2v) is 7.53. The lowest BCUT2D eigenvalue weighted by Gasteiger charge is -2.11.